The Balaban J connectivity index is 1.34. The van der Waals surface area contributed by atoms with Gasteiger partial charge in [0.25, 0.3) is 0 Å². The molecule has 1 saturated heterocycles. The molecular formula is C23H24N6O. The second-order valence-electron chi connectivity index (χ2n) is 7.92. The number of hydrogen-bond donors (Lipinski definition) is 0. The lowest BCUT2D eigenvalue weighted by atomic mass is 10.1. The van der Waals surface area contributed by atoms with Crippen molar-refractivity contribution in [1.29, 1.82) is 0 Å². The van der Waals surface area contributed by atoms with Crippen molar-refractivity contribution >= 4 is 16.7 Å². The van der Waals surface area contributed by atoms with Crippen LogP contribution in [-0.4, -0.2) is 45.6 Å². The zero-order valence-corrected chi connectivity index (χ0v) is 17.2. The summed E-state index contributed by atoms with van der Waals surface area (Å²) in [5.41, 5.74) is 3.08. The molecule has 1 aliphatic rings. The second-order valence-corrected chi connectivity index (χ2v) is 7.92. The summed E-state index contributed by atoms with van der Waals surface area (Å²) in [7, 11) is 3.93. The van der Waals surface area contributed by atoms with E-state index < -0.39 is 0 Å². The van der Waals surface area contributed by atoms with Crippen LogP contribution in [0.1, 0.15) is 30.3 Å². The van der Waals surface area contributed by atoms with Crippen molar-refractivity contribution in [3.05, 3.63) is 66.3 Å². The molecule has 0 bridgehead atoms. The fourth-order valence-corrected chi connectivity index (χ4v) is 4.00. The Morgan fingerprint density at radius 3 is 2.83 bits per heavy atom. The average molecular weight is 400 g/mol. The molecule has 0 aliphatic carbocycles. The third-order valence-electron chi connectivity index (χ3n) is 5.59. The lowest BCUT2D eigenvalue weighted by Gasteiger charge is -2.21. The number of nitrogens with zero attached hydrogens (tertiary/aromatic N) is 6. The lowest BCUT2D eigenvalue weighted by molar-refractivity contribution is 0.201. The summed E-state index contributed by atoms with van der Waals surface area (Å²) in [6.45, 7) is 1.83. The van der Waals surface area contributed by atoms with Crippen molar-refractivity contribution in [3.8, 4) is 11.4 Å². The first-order valence-electron chi connectivity index (χ1n) is 10.2. The molecule has 0 radical (unpaired) electrons. The van der Waals surface area contributed by atoms with Crippen LogP contribution in [-0.2, 0) is 6.54 Å². The minimum Gasteiger partial charge on any atom is -0.363 e. The molecule has 1 atom stereocenters. The van der Waals surface area contributed by atoms with E-state index >= 15 is 0 Å². The van der Waals surface area contributed by atoms with E-state index in [2.05, 4.69) is 32.2 Å². The summed E-state index contributed by atoms with van der Waals surface area (Å²) < 4.78 is 5.66. The van der Waals surface area contributed by atoms with Gasteiger partial charge in [-0.25, -0.2) is 4.98 Å². The third kappa shape index (κ3) is 3.64. The van der Waals surface area contributed by atoms with E-state index in [1.807, 2.05) is 55.5 Å². The highest BCUT2D eigenvalue weighted by Crippen LogP contribution is 2.33. The molecule has 1 aliphatic heterocycles. The van der Waals surface area contributed by atoms with E-state index in [4.69, 9.17) is 9.51 Å². The Hall–Kier alpha value is -3.32. The molecule has 30 heavy (non-hydrogen) atoms. The summed E-state index contributed by atoms with van der Waals surface area (Å²) >= 11 is 0. The van der Waals surface area contributed by atoms with Gasteiger partial charge in [-0.05, 0) is 49.2 Å². The largest absolute Gasteiger partial charge is 0.363 e. The van der Waals surface area contributed by atoms with Gasteiger partial charge in [-0.15, -0.1) is 0 Å². The molecule has 152 valence electrons. The van der Waals surface area contributed by atoms with Crippen molar-refractivity contribution in [2.45, 2.75) is 25.4 Å². The molecule has 1 aromatic carbocycles. The van der Waals surface area contributed by atoms with Gasteiger partial charge in [-0.3, -0.25) is 9.88 Å². The van der Waals surface area contributed by atoms with Gasteiger partial charge in [0.15, 0.2) is 0 Å². The minimum atomic E-state index is 0.131. The summed E-state index contributed by atoms with van der Waals surface area (Å²) in [5.74, 6) is 2.16. The zero-order valence-electron chi connectivity index (χ0n) is 17.2. The first-order chi connectivity index (χ1) is 14.7. The molecular weight excluding hydrogens is 376 g/mol. The number of anilines is 1. The minimum absolute atomic E-state index is 0.131. The Morgan fingerprint density at radius 2 is 2.00 bits per heavy atom. The van der Waals surface area contributed by atoms with Crippen molar-refractivity contribution in [2.24, 2.45) is 0 Å². The number of aromatic nitrogens is 4. The highest BCUT2D eigenvalue weighted by Gasteiger charge is 2.31. The number of benzene rings is 1. The monoisotopic (exact) mass is 400 g/mol. The first-order valence-corrected chi connectivity index (χ1v) is 10.2. The van der Waals surface area contributed by atoms with Gasteiger partial charge in [-0.1, -0.05) is 23.4 Å². The second kappa shape index (κ2) is 7.84. The van der Waals surface area contributed by atoms with Crippen LogP contribution in [0.3, 0.4) is 0 Å². The molecule has 0 saturated carbocycles. The van der Waals surface area contributed by atoms with Crippen molar-refractivity contribution in [2.75, 3.05) is 25.5 Å². The molecule has 0 spiro atoms. The maximum absolute atomic E-state index is 5.66. The molecule has 4 aromatic rings. The van der Waals surface area contributed by atoms with Crippen LogP contribution in [0.5, 0.6) is 0 Å². The molecule has 3 aromatic heterocycles. The number of rotatable bonds is 5. The highest BCUT2D eigenvalue weighted by molar-refractivity contribution is 5.78. The Bertz CT molecular complexity index is 1150. The van der Waals surface area contributed by atoms with Gasteiger partial charge < -0.3 is 9.42 Å². The van der Waals surface area contributed by atoms with Crippen LogP contribution in [0.4, 0.5) is 5.82 Å². The van der Waals surface area contributed by atoms with Crippen molar-refractivity contribution in [3.63, 3.8) is 0 Å². The normalized spacial score (nSPS) is 16.9. The number of para-hydroxylation sites is 1. The summed E-state index contributed by atoms with van der Waals surface area (Å²) in [4.78, 5) is 18.1. The lowest BCUT2D eigenvalue weighted by Crippen LogP contribution is -2.23. The predicted molar refractivity (Wildman–Crippen MR) is 116 cm³/mol. The molecule has 1 unspecified atom stereocenters. The standard InChI is InChI=1S/C23H24N6O/c1-28(2)21-10-9-18(14-25-21)22-26-23(30-27-22)20-8-5-11-29(20)15-16-12-17-6-3-4-7-19(17)24-13-16/h3-4,6-7,9-10,12-14,20H,5,8,11,15H2,1-2H3. The van der Waals surface area contributed by atoms with E-state index in [0.717, 1.165) is 42.8 Å². The Labute approximate surface area is 175 Å². The quantitative estimate of drug-likeness (QED) is 0.500. The van der Waals surface area contributed by atoms with E-state index in [0.29, 0.717) is 11.7 Å². The van der Waals surface area contributed by atoms with E-state index in [1.165, 1.54) is 10.9 Å². The van der Waals surface area contributed by atoms with Gasteiger partial charge in [0.1, 0.15) is 5.82 Å². The van der Waals surface area contributed by atoms with Crippen LogP contribution < -0.4 is 4.90 Å². The van der Waals surface area contributed by atoms with Crippen LogP contribution in [0, 0.1) is 0 Å². The van der Waals surface area contributed by atoms with Gasteiger partial charge >= 0.3 is 0 Å². The number of pyridine rings is 2. The molecule has 0 amide bonds. The summed E-state index contributed by atoms with van der Waals surface area (Å²) in [5, 5.41) is 5.38. The van der Waals surface area contributed by atoms with Crippen LogP contribution in [0.2, 0.25) is 0 Å². The van der Waals surface area contributed by atoms with Gasteiger partial charge in [-0.2, -0.15) is 4.98 Å². The molecule has 7 nitrogen and oxygen atoms in total. The topological polar surface area (TPSA) is 71.2 Å². The zero-order chi connectivity index (χ0) is 20.5. The fourth-order valence-electron chi connectivity index (χ4n) is 4.00. The SMILES string of the molecule is CN(C)c1ccc(-c2noc(C3CCCN3Cc3cnc4ccccc4c3)n2)cn1. The number of hydrogen-bond acceptors (Lipinski definition) is 7. The van der Waals surface area contributed by atoms with Crippen LogP contribution >= 0.6 is 0 Å². The smallest absolute Gasteiger partial charge is 0.244 e. The molecule has 7 heteroatoms. The Morgan fingerprint density at radius 1 is 1.10 bits per heavy atom. The molecule has 4 heterocycles. The third-order valence-corrected chi connectivity index (χ3v) is 5.59. The van der Waals surface area contributed by atoms with Crippen molar-refractivity contribution in [1.82, 2.24) is 25.0 Å². The van der Waals surface area contributed by atoms with Gasteiger partial charge in [0.05, 0.1) is 11.6 Å². The highest BCUT2D eigenvalue weighted by atomic mass is 16.5. The number of fused-ring (bicyclic) bond motifs is 1. The predicted octanol–water partition coefficient (Wildman–Crippen LogP) is 4.08. The van der Waals surface area contributed by atoms with E-state index in [-0.39, 0.29) is 6.04 Å². The molecule has 5 rings (SSSR count). The van der Waals surface area contributed by atoms with Gasteiger partial charge in [0, 0.05) is 44.0 Å². The number of likely N-dealkylation sites (tertiary alicyclic amines) is 1. The molecule has 1 fully saturated rings. The van der Waals surface area contributed by atoms with Gasteiger partial charge in [0.2, 0.25) is 11.7 Å². The summed E-state index contributed by atoms with van der Waals surface area (Å²) in [6.07, 6.45) is 5.88. The first kappa shape index (κ1) is 18.7. The van der Waals surface area contributed by atoms with Crippen LogP contribution in [0.15, 0.2) is 59.4 Å². The van der Waals surface area contributed by atoms with E-state index in [1.54, 1.807) is 6.20 Å². The fraction of sp³-hybridized carbons (Fsp3) is 0.304. The molecule has 0 N–H and O–H groups in total. The maximum atomic E-state index is 5.66. The van der Waals surface area contributed by atoms with Crippen LogP contribution in [0.25, 0.3) is 22.3 Å². The average Bonchev–Trinajstić information content (AvgIpc) is 3.43. The maximum Gasteiger partial charge on any atom is 0.244 e. The Kier molecular flexibility index (Phi) is 4.88. The van der Waals surface area contributed by atoms with E-state index in [9.17, 15) is 0 Å². The van der Waals surface area contributed by atoms with Crippen molar-refractivity contribution < 1.29 is 4.52 Å². The summed E-state index contributed by atoms with van der Waals surface area (Å²) in [6, 6.07) is 14.5.